The summed E-state index contributed by atoms with van der Waals surface area (Å²) in [6.45, 7) is 1.86. The normalized spacial score (nSPS) is 16.6. The van der Waals surface area contributed by atoms with Gasteiger partial charge in [-0.05, 0) is 30.3 Å². The number of anilines is 1. The predicted octanol–water partition coefficient (Wildman–Crippen LogP) is 2.63. The molecular formula is C19H17FN4O3. The van der Waals surface area contributed by atoms with Crippen LogP contribution in [0.4, 0.5) is 14.9 Å². The first-order valence-corrected chi connectivity index (χ1v) is 8.46. The number of cyclic esters (lactones) is 1. The van der Waals surface area contributed by atoms with Crippen LogP contribution >= 0.6 is 0 Å². The van der Waals surface area contributed by atoms with Gasteiger partial charge in [0.25, 0.3) is 0 Å². The Morgan fingerprint density at radius 2 is 2.22 bits per heavy atom. The van der Waals surface area contributed by atoms with E-state index >= 15 is 0 Å². The zero-order valence-corrected chi connectivity index (χ0v) is 14.6. The first-order valence-electron chi connectivity index (χ1n) is 8.46. The van der Waals surface area contributed by atoms with Gasteiger partial charge in [-0.3, -0.25) is 14.7 Å². The maximum absolute atomic E-state index is 14.7. The Bertz CT molecular complexity index is 1000. The summed E-state index contributed by atoms with van der Waals surface area (Å²) in [6.07, 6.45) is 4.20. The Labute approximate surface area is 154 Å². The lowest BCUT2D eigenvalue weighted by Crippen LogP contribution is -2.33. The molecule has 0 aliphatic carbocycles. The van der Waals surface area contributed by atoms with Gasteiger partial charge in [0.15, 0.2) is 0 Å². The van der Waals surface area contributed by atoms with Crippen molar-refractivity contribution in [3.05, 3.63) is 54.7 Å². The number of rotatable bonds is 4. The van der Waals surface area contributed by atoms with Crippen LogP contribution in [0, 0.1) is 5.82 Å². The first-order chi connectivity index (χ1) is 13.0. The van der Waals surface area contributed by atoms with Crippen molar-refractivity contribution in [2.24, 2.45) is 0 Å². The number of nitrogens with zero attached hydrogens (tertiary/aromatic N) is 3. The van der Waals surface area contributed by atoms with Gasteiger partial charge in [-0.1, -0.05) is 0 Å². The van der Waals surface area contributed by atoms with E-state index in [0.717, 1.165) is 10.9 Å². The summed E-state index contributed by atoms with van der Waals surface area (Å²) in [5, 5.41) is 3.52. The highest BCUT2D eigenvalue weighted by atomic mass is 19.1. The molecule has 1 fully saturated rings. The number of hydrogen-bond acceptors (Lipinski definition) is 4. The number of carbonyl (C=O) groups excluding carboxylic acids is 2. The van der Waals surface area contributed by atoms with Gasteiger partial charge < -0.3 is 14.6 Å². The number of carbonyl (C=O) groups is 2. The van der Waals surface area contributed by atoms with Gasteiger partial charge in [-0.25, -0.2) is 9.18 Å². The lowest BCUT2D eigenvalue weighted by molar-refractivity contribution is -0.119. The van der Waals surface area contributed by atoms with Crippen LogP contribution in [0.25, 0.3) is 16.6 Å². The molecule has 1 aliphatic rings. The monoisotopic (exact) mass is 368 g/mol. The molecule has 2 amide bonds. The van der Waals surface area contributed by atoms with E-state index in [9.17, 15) is 14.0 Å². The number of halogens is 1. The van der Waals surface area contributed by atoms with E-state index in [2.05, 4.69) is 10.3 Å². The third kappa shape index (κ3) is 3.33. The van der Waals surface area contributed by atoms with Gasteiger partial charge in [-0.15, -0.1) is 0 Å². The molecule has 138 valence electrons. The largest absolute Gasteiger partial charge is 0.442 e. The highest BCUT2D eigenvalue weighted by Gasteiger charge is 2.32. The Morgan fingerprint density at radius 3 is 2.96 bits per heavy atom. The van der Waals surface area contributed by atoms with Crippen LogP contribution in [0.5, 0.6) is 0 Å². The zero-order valence-electron chi connectivity index (χ0n) is 14.6. The molecule has 0 unspecified atom stereocenters. The molecule has 1 aromatic carbocycles. The van der Waals surface area contributed by atoms with E-state index in [1.807, 2.05) is 12.1 Å². The molecule has 4 rings (SSSR count). The van der Waals surface area contributed by atoms with Crippen LogP contribution in [0.3, 0.4) is 0 Å². The Balaban J connectivity index is 1.56. The minimum Gasteiger partial charge on any atom is -0.442 e. The Morgan fingerprint density at radius 1 is 1.37 bits per heavy atom. The second-order valence-electron chi connectivity index (χ2n) is 6.33. The number of hydrogen-bond donors (Lipinski definition) is 1. The fourth-order valence-corrected chi connectivity index (χ4v) is 3.07. The van der Waals surface area contributed by atoms with Crippen LogP contribution in [0.1, 0.15) is 6.92 Å². The van der Waals surface area contributed by atoms with E-state index in [1.54, 1.807) is 35.3 Å². The summed E-state index contributed by atoms with van der Waals surface area (Å²) in [7, 11) is 0. The van der Waals surface area contributed by atoms with Crippen molar-refractivity contribution in [2.75, 3.05) is 18.0 Å². The van der Waals surface area contributed by atoms with E-state index < -0.39 is 18.0 Å². The molecule has 0 spiro atoms. The molecule has 3 heterocycles. The van der Waals surface area contributed by atoms with Crippen molar-refractivity contribution < 1.29 is 18.7 Å². The molecule has 0 bridgehead atoms. The molecule has 27 heavy (non-hydrogen) atoms. The zero-order chi connectivity index (χ0) is 19.0. The summed E-state index contributed by atoms with van der Waals surface area (Å²) in [6, 6.07) is 8.30. The summed E-state index contributed by atoms with van der Waals surface area (Å²) in [4.78, 5) is 28.7. The summed E-state index contributed by atoms with van der Waals surface area (Å²) in [5.74, 6) is -0.667. The average molecular weight is 368 g/mol. The Kier molecular flexibility index (Phi) is 4.23. The van der Waals surface area contributed by atoms with Gasteiger partial charge in [0, 0.05) is 30.9 Å². The lowest BCUT2D eigenvalue weighted by Gasteiger charge is -2.14. The highest BCUT2D eigenvalue weighted by Crippen LogP contribution is 2.26. The van der Waals surface area contributed by atoms with Gasteiger partial charge in [0.2, 0.25) is 5.91 Å². The smallest absolute Gasteiger partial charge is 0.414 e. The molecule has 7 nitrogen and oxygen atoms in total. The summed E-state index contributed by atoms with van der Waals surface area (Å²) < 4.78 is 21.6. The van der Waals surface area contributed by atoms with Gasteiger partial charge >= 0.3 is 6.09 Å². The standard InChI is InChI=1S/C19H17FN4O3/c1-12(25)22-8-15-10-24(19(26)27-15)14-4-5-18(16(20)7-14)23-9-13-3-2-6-21-17(13)11-23/h2-7,9,11,15H,8,10H2,1H3,(H,22,25)/t15-/m1/s1. The van der Waals surface area contributed by atoms with Crippen LogP contribution in [-0.4, -0.2) is 40.7 Å². The molecule has 1 aliphatic heterocycles. The highest BCUT2D eigenvalue weighted by molar-refractivity contribution is 5.90. The van der Waals surface area contributed by atoms with Crippen molar-refractivity contribution in [3.63, 3.8) is 0 Å². The van der Waals surface area contributed by atoms with Crippen LogP contribution in [-0.2, 0) is 9.53 Å². The molecule has 1 saturated heterocycles. The third-order valence-corrected chi connectivity index (χ3v) is 4.38. The second kappa shape index (κ2) is 6.71. The Hall–Kier alpha value is -3.42. The number of fused-ring (bicyclic) bond motifs is 1. The van der Waals surface area contributed by atoms with Gasteiger partial charge in [-0.2, -0.15) is 0 Å². The molecule has 0 radical (unpaired) electrons. The third-order valence-electron chi connectivity index (χ3n) is 4.38. The summed E-state index contributed by atoms with van der Waals surface area (Å²) >= 11 is 0. The number of benzene rings is 1. The molecule has 3 aromatic rings. The summed E-state index contributed by atoms with van der Waals surface area (Å²) in [5.41, 5.74) is 1.53. The molecule has 1 atom stereocenters. The minimum absolute atomic E-state index is 0.200. The maximum atomic E-state index is 14.7. The van der Waals surface area contributed by atoms with Crippen molar-refractivity contribution in [1.29, 1.82) is 0 Å². The topological polar surface area (TPSA) is 76.5 Å². The number of pyridine rings is 1. The first kappa shape index (κ1) is 17.0. The fourth-order valence-electron chi connectivity index (χ4n) is 3.07. The van der Waals surface area contributed by atoms with E-state index in [-0.39, 0.29) is 19.0 Å². The van der Waals surface area contributed by atoms with Gasteiger partial charge in [0.05, 0.1) is 30.0 Å². The lowest BCUT2D eigenvalue weighted by atomic mass is 10.2. The molecule has 8 heteroatoms. The fraction of sp³-hybridized carbons (Fsp3) is 0.211. The number of ether oxygens (including phenoxy) is 1. The average Bonchev–Trinajstić information content (AvgIpc) is 3.23. The van der Waals surface area contributed by atoms with Crippen molar-refractivity contribution in [1.82, 2.24) is 14.9 Å². The number of amides is 2. The van der Waals surface area contributed by atoms with Crippen molar-refractivity contribution in [2.45, 2.75) is 13.0 Å². The molecule has 0 saturated carbocycles. The number of aromatic nitrogens is 2. The van der Waals surface area contributed by atoms with Crippen molar-refractivity contribution >= 4 is 28.6 Å². The second-order valence-corrected chi connectivity index (χ2v) is 6.33. The van der Waals surface area contributed by atoms with Crippen LogP contribution < -0.4 is 10.2 Å². The quantitative estimate of drug-likeness (QED) is 0.768. The molecule has 2 aromatic heterocycles. The van der Waals surface area contributed by atoms with Gasteiger partial charge in [0.1, 0.15) is 11.9 Å². The number of nitrogens with one attached hydrogen (secondary N) is 1. The molecule has 1 N–H and O–H groups in total. The molecular weight excluding hydrogens is 351 g/mol. The van der Waals surface area contributed by atoms with E-state index in [1.165, 1.54) is 17.9 Å². The maximum Gasteiger partial charge on any atom is 0.414 e. The van der Waals surface area contributed by atoms with E-state index in [0.29, 0.717) is 11.4 Å². The SMILES string of the molecule is CC(=O)NC[C@@H]1CN(c2ccc(-n3cc4cccnc4c3)c(F)c2)C(=O)O1. The van der Waals surface area contributed by atoms with Crippen LogP contribution in [0.2, 0.25) is 0 Å². The van der Waals surface area contributed by atoms with E-state index in [4.69, 9.17) is 4.74 Å². The predicted molar refractivity (Wildman–Crippen MR) is 97.3 cm³/mol. The van der Waals surface area contributed by atoms with Crippen LogP contribution in [0.15, 0.2) is 48.9 Å². The van der Waals surface area contributed by atoms with Crippen molar-refractivity contribution in [3.8, 4) is 5.69 Å². The minimum atomic E-state index is -0.562.